The first-order valence-corrected chi connectivity index (χ1v) is 8.93. The average Bonchev–Trinajstić information content (AvgIpc) is 2.37. The van der Waals surface area contributed by atoms with Crippen LogP contribution in [0.3, 0.4) is 0 Å². The van der Waals surface area contributed by atoms with Crippen LogP contribution in [-0.2, 0) is 10.0 Å². The molecule has 0 aliphatic carbocycles. The Morgan fingerprint density at radius 3 is 2.60 bits per heavy atom. The molecule has 0 saturated heterocycles. The maximum Gasteiger partial charge on any atom is 0.244 e. The van der Waals surface area contributed by atoms with Crippen molar-refractivity contribution in [3.63, 3.8) is 0 Å². The van der Waals surface area contributed by atoms with Gasteiger partial charge in [-0.2, -0.15) is 0 Å². The number of anilines is 1. The van der Waals surface area contributed by atoms with Crippen molar-refractivity contribution >= 4 is 31.8 Å². The number of aromatic nitrogens is 1. The van der Waals surface area contributed by atoms with Crippen LogP contribution < -0.4 is 10.0 Å². The topological polar surface area (TPSA) is 71.1 Å². The Hall–Kier alpha value is -0.660. The van der Waals surface area contributed by atoms with Crippen LogP contribution in [0.4, 0.5) is 5.82 Å². The third kappa shape index (κ3) is 4.71. The van der Waals surface area contributed by atoms with Crippen molar-refractivity contribution in [1.82, 2.24) is 9.71 Å². The monoisotopic (exact) mass is 363 g/mol. The fourth-order valence-electron chi connectivity index (χ4n) is 1.96. The van der Waals surface area contributed by atoms with Crippen LogP contribution in [0.15, 0.2) is 21.6 Å². The smallest absolute Gasteiger partial charge is 0.244 e. The first kappa shape index (κ1) is 17.4. The molecule has 2 atom stereocenters. The molecule has 5 nitrogen and oxygen atoms in total. The van der Waals surface area contributed by atoms with Crippen LogP contribution in [0.5, 0.6) is 0 Å². The molecule has 114 valence electrons. The van der Waals surface area contributed by atoms with Gasteiger partial charge in [0.2, 0.25) is 10.0 Å². The quantitative estimate of drug-likeness (QED) is 0.780. The highest BCUT2D eigenvalue weighted by molar-refractivity contribution is 9.10. The number of nitrogens with one attached hydrogen (secondary N) is 2. The molecule has 0 radical (unpaired) electrons. The van der Waals surface area contributed by atoms with Gasteiger partial charge < -0.3 is 5.32 Å². The van der Waals surface area contributed by atoms with E-state index in [1.807, 2.05) is 6.92 Å². The summed E-state index contributed by atoms with van der Waals surface area (Å²) in [4.78, 5) is 4.23. The normalized spacial score (nSPS) is 14.8. The van der Waals surface area contributed by atoms with Crippen molar-refractivity contribution in [2.45, 2.75) is 44.6 Å². The third-order valence-electron chi connectivity index (χ3n) is 3.15. The Morgan fingerprint density at radius 2 is 2.05 bits per heavy atom. The predicted molar refractivity (Wildman–Crippen MR) is 85.3 cm³/mol. The van der Waals surface area contributed by atoms with Gasteiger partial charge in [0.05, 0.1) is 0 Å². The molecule has 1 aromatic rings. The second-order valence-electron chi connectivity index (χ2n) is 5.02. The SMILES string of the molecule is CCC(C)CC(C)NS(=O)(=O)c1cc(Br)cnc1NC. The van der Waals surface area contributed by atoms with E-state index in [1.165, 1.54) is 0 Å². The minimum absolute atomic E-state index is 0.112. The van der Waals surface area contributed by atoms with Crippen molar-refractivity contribution < 1.29 is 8.42 Å². The maximum atomic E-state index is 12.4. The van der Waals surface area contributed by atoms with Crippen molar-refractivity contribution in [2.75, 3.05) is 12.4 Å². The lowest BCUT2D eigenvalue weighted by atomic mass is 10.0. The zero-order valence-electron chi connectivity index (χ0n) is 12.3. The Kier molecular flexibility index (Phi) is 6.42. The van der Waals surface area contributed by atoms with Gasteiger partial charge in [-0.25, -0.2) is 18.1 Å². The molecular weight excluding hydrogens is 342 g/mol. The molecule has 0 aliphatic rings. The standard InChI is InChI=1S/C13H22BrN3O2S/c1-5-9(2)6-10(3)17-20(18,19)12-7-11(14)8-16-13(12)15-4/h7-10,17H,5-6H2,1-4H3,(H,15,16). The van der Waals surface area contributed by atoms with E-state index in [9.17, 15) is 8.42 Å². The summed E-state index contributed by atoms with van der Waals surface area (Å²) in [5.74, 6) is 0.827. The van der Waals surface area contributed by atoms with E-state index in [2.05, 4.69) is 44.8 Å². The summed E-state index contributed by atoms with van der Waals surface area (Å²) in [7, 11) is -1.93. The van der Waals surface area contributed by atoms with Crippen molar-refractivity contribution in [2.24, 2.45) is 5.92 Å². The van der Waals surface area contributed by atoms with E-state index >= 15 is 0 Å². The summed E-state index contributed by atoms with van der Waals surface area (Å²) in [6, 6.07) is 1.44. The van der Waals surface area contributed by atoms with Crippen LogP contribution in [-0.4, -0.2) is 26.5 Å². The molecular formula is C13H22BrN3O2S. The Labute approximate surface area is 129 Å². The molecule has 0 saturated carbocycles. The molecule has 2 unspecified atom stereocenters. The first-order valence-electron chi connectivity index (χ1n) is 6.65. The average molecular weight is 364 g/mol. The van der Waals surface area contributed by atoms with E-state index in [0.717, 1.165) is 12.8 Å². The highest BCUT2D eigenvalue weighted by atomic mass is 79.9. The van der Waals surface area contributed by atoms with Gasteiger partial charge in [0.25, 0.3) is 0 Å². The van der Waals surface area contributed by atoms with Crippen molar-refractivity contribution in [3.05, 3.63) is 16.7 Å². The van der Waals surface area contributed by atoms with E-state index in [-0.39, 0.29) is 10.9 Å². The molecule has 1 heterocycles. The minimum Gasteiger partial charge on any atom is -0.372 e. The molecule has 20 heavy (non-hydrogen) atoms. The highest BCUT2D eigenvalue weighted by Gasteiger charge is 2.22. The zero-order chi connectivity index (χ0) is 15.3. The van der Waals surface area contributed by atoms with Gasteiger partial charge >= 0.3 is 0 Å². The third-order valence-corrected chi connectivity index (χ3v) is 5.19. The molecule has 0 amide bonds. The second kappa shape index (κ2) is 7.38. The Balaban J connectivity index is 2.96. The van der Waals surface area contributed by atoms with Gasteiger partial charge in [0.15, 0.2) is 0 Å². The number of sulfonamides is 1. The van der Waals surface area contributed by atoms with Crippen LogP contribution in [0.25, 0.3) is 0 Å². The number of hydrogen-bond donors (Lipinski definition) is 2. The summed E-state index contributed by atoms with van der Waals surface area (Å²) >= 11 is 3.25. The lowest BCUT2D eigenvalue weighted by molar-refractivity contribution is 0.445. The van der Waals surface area contributed by atoms with Crippen LogP contribution in [0.2, 0.25) is 0 Å². The summed E-state index contributed by atoms with van der Waals surface area (Å²) < 4.78 is 28.2. The molecule has 0 aliphatic heterocycles. The van der Waals surface area contributed by atoms with Crippen LogP contribution in [0.1, 0.15) is 33.6 Å². The number of halogens is 1. The predicted octanol–water partition coefficient (Wildman–Crippen LogP) is 2.99. The lowest BCUT2D eigenvalue weighted by Gasteiger charge is -2.18. The number of rotatable bonds is 7. The van der Waals surface area contributed by atoms with Crippen molar-refractivity contribution in [3.8, 4) is 0 Å². The van der Waals surface area contributed by atoms with Gasteiger partial charge in [0.1, 0.15) is 10.7 Å². The lowest BCUT2D eigenvalue weighted by Crippen LogP contribution is -2.34. The molecule has 2 N–H and O–H groups in total. The van der Waals surface area contributed by atoms with Crippen LogP contribution >= 0.6 is 15.9 Å². The number of nitrogens with zero attached hydrogens (tertiary/aromatic N) is 1. The van der Waals surface area contributed by atoms with Crippen LogP contribution in [0, 0.1) is 5.92 Å². The van der Waals surface area contributed by atoms with Gasteiger partial charge in [-0.15, -0.1) is 0 Å². The Bertz CT molecular complexity index is 549. The summed E-state index contributed by atoms with van der Waals surface area (Å²) in [5, 5.41) is 2.80. The van der Waals surface area contributed by atoms with Gasteiger partial charge in [0, 0.05) is 23.8 Å². The fraction of sp³-hybridized carbons (Fsp3) is 0.615. The summed E-state index contributed by atoms with van der Waals surface area (Å²) in [6.07, 6.45) is 3.41. The van der Waals surface area contributed by atoms with Gasteiger partial charge in [-0.05, 0) is 41.3 Å². The zero-order valence-corrected chi connectivity index (χ0v) is 14.7. The summed E-state index contributed by atoms with van der Waals surface area (Å²) in [5.41, 5.74) is 0. The highest BCUT2D eigenvalue weighted by Crippen LogP contribution is 2.23. The summed E-state index contributed by atoms with van der Waals surface area (Å²) in [6.45, 7) is 6.10. The van der Waals surface area contributed by atoms with Gasteiger partial charge in [-0.3, -0.25) is 0 Å². The van der Waals surface area contributed by atoms with E-state index < -0.39 is 10.0 Å². The molecule has 0 fully saturated rings. The fourth-order valence-corrected chi connectivity index (χ4v) is 3.89. The largest absolute Gasteiger partial charge is 0.372 e. The van der Waals surface area contributed by atoms with Crippen molar-refractivity contribution in [1.29, 1.82) is 0 Å². The van der Waals surface area contributed by atoms with Gasteiger partial charge in [-0.1, -0.05) is 20.3 Å². The number of pyridine rings is 1. The van der Waals surface area contributed by atoms with E-state index in [0.29, 0.717) is 16.2 Å². The molecule has 7 heteroatoms. The minimum atomic E-state index is -3.58. The molecule has 1 aromatic heterocycles. The first-order chi connectivity index (χ1) is 9.30. The maximum absolute atomic E-state index is 12.4. The molecule has 0 spiro atoms. The molecule has 1 rings (SSSR count). The number of hydrogen-bond acceptors (Lipinski definition) is 4. The van der Waals surface area contributed by atoms with E-state index in [1.54, 1.807) is 19.3 Å². The molecule has 0 aromatic carbocycles. The molecule has 0 bridgehead atoms. The Morgan fingerprint density at radius 1 is 1.40 bits per heavy atom. The van der Waals surface area contributed by atoms with E-state index in [4.69, 9.17) is 0 Å². The second-order valence-corrected chi connectivity index (χ2v) is 7.62.